The van der Waals surface area contributed by atoms with Gasteiger partial charge in [0, 0.05) is 19.6 Å². The zero-order valence-corrected chi connectivity index (χ0v) is 13.5. The zero-order chi connectivity index (χ0) is 15.5. The lowest BCUT2D eigenvalue weighted by Crippen LogP contribution is -2.34. The van der Waals surface area contributed by atoms with Crippen molar-refractivity contribution in [1.29, 1.82) is 0 Å². The molecule has 0 radical (unpaired) electrons. The van der Waals surface area contributed by atoms with Crippen LogP contribution in [0.1, 0.15) is 31.4 Å². The molecule has 1 heterocycles. The summed E-state index contributed by atoms with van der Waals surface area (Å²) in [5, 5.41) is 9.89. The third kappa shape index (κ3) is 3.83. The highest BCUT2D eigenvalue weighted by atomic mass is 32.2. The van der Waals surface area contributed by atoms with Crippen LogP contribution in [0.4, 0.5) is 0 Å². The van der Waals surface area contributed by atoms with Crippen LogP contribution in [0.2, 0.25) is 0 Å². The number of aliphatic hydroxyl groups excluding tert-OH is 1. The normalized spacial score (nSPS) is 20.1. The minimum atomic E-state index is -3.48. The number of aliphatic hydroxyl groups is 1. The summed E-state index contributed by atoms with van der Waals surface area (Å²) in [7, 11) is -1.47. The van der Waals surface area contributed by atoms with Crippen LogP contribution in [-0.4, -0.2) is 56.0 Å². The fourth-order valence-electron chi connectivity index (χ4n) is 2.53. The van der Waals surface area contributed by atoms with Gasteiger partial charge in [0.2, 0.25) is 10.0 Å². The Hall–Kier alpha value is -0.950. The smallest absolute Gasteiger partial charge is 0.243 e. The van der Waals surface area contributed by atoms with Gasteiger partial charge in [0.1, 0.15) is 0 Å². The van der Waals surface area contributed by atoms with Gasteiger partial charge in [0.25, 0.3) is 0 Å². The van der Waals surface area contributed by atoms with Gasteiger partial charge in [-0.05, 0) is 44.1 Å². The van der Waals surface area contributed by atoms with E-state index in [9.17, 15) is 13.5 Å². The molecule has 21 heavy (non-hydrogen) atoms. The lowest BCUT2D eigenvalue weighted by molar-refractivity contribution is 0.173. The maximum Gasteiger partial charge on any atom is 0.243 e. The molecule has 1 N–H and O–H groups in total. The molecule has 1 fully saturated rings. The number of likely N-dealkylation sites (N-methyl/N-ethyl adjacent to an activating group) is 1. The average Bonchev–Trinajstić information content (AvgIpc) is 2.71. The van der Waals surface area contributed by atoms with Gasteiger partial charge in [0.15, 0.2) is 0 Å². The molecule has 2 rings (SSSR count). The monoisotopic (exact) mass is 312 g/mol. The van der Waals surface area contributed by atoms with Crippen LogP contribution >= 0.6 is 0 Å². The molecular formula is C15H24N2O3S. The molecule has 118 valence electrons. The fourth-order valence-corrected chi connectivity index (χ4v) is 4.06. The van der Waals surface area contributed by atoms with Crippen LogP contribution in [0.5, 0.6) is 0 Å². The molecule has 1 aromatic carbocycles. The van der Waals surface area contributed by atoms with Crippen molar-refractivity contribution in [3.63, 3.8) is 0 Å². The van der Waals surface area contributed by atoms with Crippen molar-refractivity contribution < 1.29 is 13.5 Å². The molecule has 1 aromatic rings. The number of hydrogen-bond donors (Lipinski definition) is 1. The molecular weight excluding hydrogens is 288 g/mol. The minimum absolute atomic E-state index is 0.275. The lowest BCUT2D eigenvalue weighted by Gasteiger charge is -2.21. The van der Waals surface area contributed by atoms with Gasteiger partial charge in [-0.1, -0.05) is 19.1 Å². The van der Waals surface area contributed by atoms with Crippen molar-refractivity contribution in [1.82, 2.24) is 9.21 Å². The van der Waals surface area contributed by atoms with Crippen LogP contribution in [0, 0.1) is 0 Å². The van der Waals surface area contributed by atoms with Gasteiger partial charge in [-0.25, -0.2) is 8.42 Å². The summed E-state index contributed by atoms with van der Waals surface area (Å²) < 4.78 is 27.0. The molecule has 1 aliphatic heterocycles. The first-order valence-electron chi connectivity index (χ1n) is 7.42. The number of rotatable bonds is 4. The highest BCUT2D eigenvalue weighted by molar-refractivity contribution is 7.89. The van der Waals surface area contributed by atoms with E-state index in [2.05, 4.69) is 4.90 Å². The first kappa shape index (κ1) is 16.4. The maximum atomic E-state index is 12.7. The summed E-state index contributed by atoms with van der Waals surface area (Å²) in [5.41, 5.74) is 0.658. The van der Waals surface area contributed by atoms with E-state index in [0.717, 1.165) is 19.5 Å². The topological polar surface area (TPSA) is 60.9 Å². The van der Waals surface area contributed by atoms with E-state index in [1.165, 1.54) is 0 Å². The summed E-state index contributed by atoms with van der Waals surface area (Å²) in [6, 6.07) is 6.67. The first-order chi connectivity index (χ1) is 9.95. The van der Waals surface area contributed by atoms with Gasteiger partial charge in [-0.3, -0.25) is 0 Å². The Kier molecular flexibility index (Phi) is 5.37. The van der Waals surface area contributed by atoms with Crippen LogP contribution < -0.4 is 0 Å². The van der Waals surface area contributed by atoms with Crippen molar-refractivity contribution in [2.24, 2.45) is 0 Å². The van der Waals surface area contributed by atoms with Crippen LogP contribution in [0.3, 0.4) is 0 Å². The summed E-state index contributed by atoms with van der Waals surface area (Å²) in [6.45, 7) is 4.60. The summed E-state index contributed by atoms with van der Waals surface area (Å²) in [6.07, 6.45) is 0.792. The highest BCUT2D eigenvalue weighted by Gasteiger charge is 2.26. The van der Waals surface area contributed by atoms with Crippen LogP contribution in [0.15, 0.2) is 29.2 Å². The van der Waals surface area contributed by atoms with E-state index in [1.807, 2.05) is 14.0 Å². The second kappa shape index (κ2) is 6.87. The standard InChI is InChI=1S/C15H24N2O3S/c1-3-15(18)13-6-4-7-14(12-13)21(19,20)17-9-5-8-16(2)10-11-17/h4,6-7,12,15,18H,3,5,8-11H2,1-2H3. The van der Waals surface area contributed by atoms with E-state index >= 15 is 0 Å². The summed E-state index contributed by atoms with van der Waals surface area (Å²) >= 11 is 0. The van der Waals surface area contributed by atoms with Gasteiger partial charge < -0.3 is 10.0 Å². The van der Waals surface area contributed by atoms with Crippen LogP contribution in [0.25, 0.3) is 0 Å². The Labute approximate surface area is 127 Å². The van der Waals surface area contributed by atoms with E-state index in [0.29, 0.717) is 25.1 Å². The minimum Gasteiger partial charge on any atom is -0.388 e. The molecule has 1 aliphatic rings. The molecule has 0 aromatic heterocycles. The van der Waals surface area contributed by atoms with Crippen molar-refractivity contribution in [2.45, 2.75) is 30.8 Å². The van der Waals surface area contributed by atoms with E-state index in [4.69, 9.17) is 0 Å². The van der Waals surface area contributed by atoms with Gasteiger partial charge in [-0.2, -0.15) is 4.31 Å². The highest BCUT2D eigenvalue weighted by Crippen LogP contribution is 2.23. The largest absolute Gasteiger partial charge is 0.388 e. The maximum absolute atomic E-state index is 12.7. The molecule has 0 bridgehead atoms. The molecule has 0 amide bonds. The van der Waals surface area contributed by atoms with Crippen molar-refractivity contribution in [2.75, 3.05) is 33.2 Å². The Balaban J connectivity index is 2.26. The molecule has 0 saturated carbocycles. The second-order valence-electron chi connectivity index (χ2n) is 5.56. The Morgan fingerprint density at radius 2 is 2.00 bits per heavy atom. The van der Waals surface area contributed by atoms with Gasteiger partial charge >= 0.3 is 0 Å². The third-order valence-electron chi connectivity index (χ3n) is 3.95. The number of benzene rings is 1. The first-order valence-corrected chi connectivity index (χ1v) is 8.86. The van der Waals surface area contributed by atoms with Gasteiger partial charge in [-0.15, -0.1) is 0 Å². The zero-order valence-electron chi connectivity index (χ0n) is 12.7. The predicted octanol–water partition coefficient (Wildman–Crippen LogP) is 1.46. The Bertz CT molecular complexity index is 574. The van der Waals surface area contributed by atoms with E-state index < -0.39 is 16.1 Å². The fraction of sp³-hybridized carbons (Fsp3) is 0.600. The van der Waals surface area contributed by atoms with Gasteiger partial charge in [0.05, 0.1) is 11.0 Å². The van der Waals surface area contributed by atoms with Crippen molar-refractivity contribution in [3.05, 3.63) is 29.8 Å². The predicted molar refractivity (Wildman–Crippen MR) is 82.6 cm³/mol. The van der Waals surface area contributed by atoms with Crippen LogP contribution in [-0.2, 0) is 10.0 Å². The Morgan fingerprint density at radius 3 is 2.71 bits per heavy atom. The summed E-state index contributed by atoms with van der Waals surface area (Å²) in [5.74, 6) is 0. The van der Waals surface area contributed by atoms with E-state index in [-0.39, 0.29) is 4.90 Å². The summed E-state index contributed by atoms with van der Waals surface area (Å²) in [4.78, 5) is 2.42. The Morgan fingerprint density at radius 1 is 1.24 bits per heavy atom. The van der Waals surface area contributed by atoms with E-state index in [1.54, 1.807) is 28.6 Å². The quantitative estimate of drug-likeness (QED) is 0.914. The number of nitrogens with zero attached hydrogens (tertiary/aromatic N) is 2. The SMILES string of the molecule is CCC(O)c1cccc(S(=O)(=O)N2CCCN(C)CC2)c1. The average molecular weight is 312 g/mol. The number of hydrogen-bond acceptors (Lipinski definition) is 4. The lowest BCUT2D eigenvalue weighted by atomic mass is 10.1. The molecule has 1 unspecified atom stereocenters. The molecule has 1 saturated heterocycles. The molecule has 5 nitrogen and oxygen atoms in total. The molecule has 0 aliphatic carbocycles. The second-order valence-corrected chi connectivity index (χ2v) is 7.50. The van der Waals surface area contributed by atoms with Crippen molar-refractivity contribution >= 4 is 10.0 Å². The molecule has 6 heteroatoms. The molecule has 0 spiro atoms. The van der Waals surface area contributed by atoms with Crippen molar-refractivity contribution in [3.8, 4) is 0 Å². The number of sulfonamides is 1. The third-order valence-corrected chi connectivity index (χ3v) is 5.84. The molecule has 1 atom stereocenters.